The summed E-state index contributed by atoms with van der Waals surface area (Å²) in [6.45, 7) is 4.15. The summed E-state index contributed by atoms with van der Waals surface area (Å²) in [4.78, 5) is 16.3. The van der Waals surface area contributed by atoms with E-state index in [1.54, 1.807) is 12.1 Å². The lowest BCUT2D eigenvalue weighted by molar-refractivity contribution is 0.0792. The Bertz CT molecular complexity index is 680. The number of halogens is 1. The molecule has 2 aromatic rings. The van der Waals surface area contributed by atoms with Crippen LogP contribution in [0, 0.1) is 18.7 Å². The first-order valence-electron chi connectivity index (χ1n) is 7.44. The van der Waals surface area contributed by atoms with Crippen molar-refractivity contribution >= 4 is 17.2 Å². The minimum atomic E-state index is -0.251. The number of hydrogen-bond acceptors (Lipinski definition) is 3. The van der Waals surface area contributed by atoms with Gasteiger partial charge in [0.25, 0.3) is 5.91 Å². The van der Waals surface area contributed by atoms with Gasteiger partial charge in [0, 0.05) is 18.0 Å². The maximum absolute atomic E-state index is 13.0. The van der Waals surface area contributed by atoms with Crippen molar-refractivity contribution in [2.45, 2.75) is 13.3 Å². The predicted octanol–water partition coefficient (Wildman–Crippen LogP) is 3.28. The Labute approximate surface area is 133 Å². The summed E-state index contributed by atoms with van der Waals surface area (Å²) in [7, 11) is 0. The molecule has 0 bridgehead atoms. The van der Waals surface area contributed by atoms with Crippen LogP contribution < -0.4 is 5.73 Å². The van der Waals surface area contributed by atoms with Crippen LogP contribution in [0.15, 0.2) is 30.3 Å². The van der Waals surface area contributed by atoms with Crippen LogP contribution in [0.3, 0.4) is 0 Å². The van der Waals surface area contributed by atoms with Crippen LogP contribution >= 0.6 is 11.3 Å². The van der Waals surface area contributed by atoms with E-state index in [0.717, 1.165) is 40.4 Å². The lowest BCUT2D eigenvalue weighted by Crippen LogP contribution is -2.29. The van der Waals surface area contributed by atoms with Gasteiger partial charge in [-0.2, -0.15) is 0 Å². The van der Waals surface area contributed by atoms with E-state index < -0.39 is 0 Å². The average molecular weight is 318 g/mol. The van der Waals surface area contributed by atoms with E-state index in [-0.39, 0.29) is 11.7 Å². The Morgan fingerprint density at radius 2 is 2.14 bits per heavy atom. The minimum Gasteiger partial charge on any atom is -0.338 e. The van der Waals surface area contributed by atoms with Crippen molar-refractivity contribution in [1.29, 1.82) is 0 Å². The summed E-state index contributed by atoms with van der Waals surface area (Å²) < 4.78 is 13.0. The van der Waals surface area contributed by atoms with Crippen molar-refractivity contribution in [3.05, 3.63) is 46.6 Å². The lowest BCUT2D eigenvalue weighted by atomic mass is 10.1. The first-order valence-corrected chi connectivity index (χ1v) is 8.26. The fourth-order valence-corrected chi connectivity index (χ4v) is 3.99. The molecule has 0 spiro atoms. The monoisotopic (exact) mass is 318 g/mol. The number of hydrogen-bond donors (Lipinski definition) is 1. The van der Waals surface area contributed by atoms with Crippen molar-refractivity contribution in [3.8, 4) is 10.4 Å². The topological polar surface area (TPSA) is 46.3 Å². The standard InChI is InChI=1S/C17H19FN2OS/c1-11-8-15(17(21)20-7-6-12(9-19)10-20)22-16(11)13-2-4-14(18)5-3-13/h2-5,8,12H,6-7,9-10,19H2,1H3/t12-/m1/s1. The highest BCUT2D eigenvalue weighted by Crippen LogP contribution is 2.33. The van der Waals surface area contributed by atoms with Crippen LogP contribution in [0.4, 0.5) is 4.39 Å². The maximum atomic E-state index is 13.0. The van der Waals surface area contributed by atoms with Gasteiger partial charge >= 0.3 is 0 Å². The van der Waals surface area contributed by atoms with E-state index in [0.29, 0.717) is 12.5 Å². The highest BCUT2D eigenvalue weighted by atomic mass is 32.1. The summed E-state index contributed by atoms with van der Waals surface area (Å²) in [6.07, 6.45) is 0.984. The molecule has 1 aromatic carbocycles. The molecule has 5 heteroatoms. The summed E-state index contributed by atoms with van der Waals surface area (Å²) in [6, 6.07) is 8.33. The van der Waals surface area contributed by atoms with Crippen LogP contribution in [0.1, 0.15) is 21.7 Å². The van der Waals surface area contributed by atoms with Crippen molar-refractivity contribution in [1.82, 2.24) is 4.90 Å². The molecule has 1 atom stereocenters. The van der Waals surface area contributed by atoms with Gasteiger partial charge in [-0.25, -0.2) is 4.39 Å². The van der Waals surface area contributed by atoms with Crippen molar-refractivity contribution < 1.29 is 9.18 Å². The highest BCUT2D eigenvalue weighted by Gasteiger charge is 2.27. The summed E-state index contributed by atoms with van der Waals surface area (Å²) >= 11 is 1.48. The second-order valence-electron chi connectivity index (χ2n) is 5.77. The molecule has 1 aromatic heterocycles. The normalized spacial score (nSPS) is 18.0. The van der Waals surface area contributed by atoms with Gasteiger partial charge < -0.3 is 10.6 Å². The molecule has 22 heavy (non-hydrogen) atoms. The predicted molar refractivity (Wildman–Crippen MR) is 87.5 cm³/mol. The van der Waals surface area contributed by atoms with Crippen LogP contribution in [-0.4, -0.2) is 30.4 Å². The van der Waals surface area contributed by atoms with Crippen LogP contribution in [0.25, 0.3) is 10.4 Å². The molecule has 1 amide bonds. The number of aryl methyl sites for hydroxylation is 1. The molecule has 1 aliphatic heterocycles. The van der Waals surface area contributed by atoms with Crippen molar-refractivity contribution in [2.75, 3.05) is 19.6 Å². The second kappa shape index (κ2) is 6.18. The Morgan fingerprint density at radius 1 is 1.41 bits per heavy atom. The molecule has 2 N–H and O–H groups in total. The number of nitrogens with zero attached hydrogens (tertiary/aromatic N) is 1. The van der Waals surface area contributed by atoms with Gasteiger partial charge in [-0.05, 0) is 55.1 Å². The molecule has 3 rings (SSSR count). The fourth-order valence-electron chi connectivity index (χ4n) is 2.84. The molecule has 0 saturated carbocycles. The first kappa shape index (κ1) is 15.2. The zero-order valence-corrected chi connectivity index (χ0v) is 13.3. The van der Waals surface area contributed by atoms with Gasteiger partial charge in [0.1, 0.15) is 5.82 Å². The molecule has 1 aliphatic rings. The van der Waals surface area contributed by atoms with Gasteiger partial charge in [0.05, 0.1) is 4.88 Å². The largest absolute Gasteiger partial charge is 0.338 e. The van der Waals surface area contributed by atoms with Gasteiger partial charge in [-0.15, -0.1) is 11.3 Å². The third-order valence-electron chi connectivity index (χ3n) is 4.14. The number of benzene rings is 1. The second-order valence-corrected chi connectivity index (χ2v) is 6.82. The zero-order valence-electron chi connectivity index (χ0n) is 12.5. The van der Waals surface area contributed by atoms with E-state index in [2.05, 4.69) is 0 Å². The Kier molecular flexibility index (Phi) is 4.27. The Hall–Kier alpha value is -1.72. The Balaban J connectivity index is 1.83. The van der Waals surface area contributed by atoms with E-state index in [4.69, 9.17) is 5.73 Å². The number of thiophene rings is 1. The molecular formula is C17H19FN2OS. The van der Waals surface area contributed by atoms with Gasteiger partial charge in [-0.1, -0.05) is 12.1 Å². The van der Waals surface area contributed by atoms with Crippen LogP contribution in [-0.2, 0) is 0 Å². The molecule has 0 aliphatic carbocycles. The van der Waals surface area contributed by atoms with Gasteiger partial charge in [-0.3, -0.25) is 4.79 Å². The maximum Gasteiger partial charge on any atom is 0.263 e. The van der Waals surface area contributed by atoms with Crippen molar-refractivity contribution in [3.63, 3.8) is 0 Å². The SMILES string of the molecule is Cc1cc(C(=O)N2CC[C@H](CN)C2)sc1-c1ccc(F)cc1. The number of nitrogens with two attached hydrogens (primary N) is 1. The fraction of sp³-hybridized carbons (Fsp3) is 0.353. The molecule has 1 saturated heterocycles. The highest BCUT2D eigenvalue weighted by molar-refractivity contribution is 7.17. The quantitative estimate of drug-likeness (QED) is 0.944. The number of amides is 1. The van der Waals surface area contributed by atoms with Gasteiger partial charge in [0.15, 0.2) is 0 Å². The van der Waals surface area contributed by atoms with Crippen molar-refractivity contribution in [2.24, 2.45) is 11.7 Å². The molecule has 1 fully saturated rings. The summed E-state index contributed by atoms with van der Waals surface area (Å²) in [5.41, 5.74) is 7.68. The van der Waals surface area contributed by atoms with E-state index in [1.807, 2.05) is 17.9 Å². The van der Waals surface area contributed by atoms with Gasteiger partial charge in [0.2, 0.25) is 0 Å². The first-order chi connectivity index (χ1) is 10.6. The minimum absolute atomic E-state index is 0.0809. The molecule has 116 valence electrons. The summed E-state index contributed by atoms with van der Waals surface area (Å²) in [5.74, 6) is 0.248. The van der Waals surface area contributed by atoms with E-state index >= 15 is 0 Å². The molecule has 3 nitrogen and oxygen atoms in total. The average Bonchev–Trinajstić information content (AvgIpc) is 3.14. The van der Waals surface area contributed by atoms with E-state index in [1.165, 1.54) is 23.5 Å². The van der Waals surface area contributed by atoms with E-state index in [9.17, 15) is 9.18 Å². The molecule has 0 unspecified atom stereocenters. The summed E-state index contributed by atoms with van der Waals surface area (Å²) in [5, 5.41) is 0. The number of likely N-dealkylation sites (tertiary alicyclic amines) is 1. The number of rotatable bonds is 3. The number of carbonyl (C=O) groups excluding carboxylic acids is 1. The number of carbonyl (C=O) groups is 1. The third-order valence-corrected chi connectivity index (χ3v) is 5.42. The van der Waals surface area contributed by atoms with Crippen LogP contribution in [0.5, 0.6) is 0 Å². The smallest absolute Gasteiger partial charge is 0.263 e. The molecule has 2 heterocycles. The molecule has 0 radical (unpaired) electrons. The Morgan fingerprint density at radius 3 is 2.77 bits per heavy atom. The van der Waals surface area contributed by atoms with Crippen LogP contribution in [0.2, 0.25) is 0 Å². The third kappa shape index (κ3) is 2.91. The lowest BCUT2D eigenvalue weighted by Gasteiger charge is -2.14. The zero-order chi connectivity index (χ0) is 15.7. The molecular weight excluding hydrogens is 299 g/mol.